The molecule has 4 nitrogen and oxygen atoms in total. The maximum absolute atomic E-state index is 11.5. The van der Waals surface area contributed by atoms with Gasteiger partial charge in [0.2, 0.25) is 5.91 Å². The quantitative estimate of drug-likeness (QED) is 0.692. The summed E-state index contributed by atoms with van der Waals surface area (Å²) >= 11 is 0. The molecule has 1 atom stereocenters. The summed E-state index contributed by atoms with van der Waals surface area (Å²) in [6, 6.07) is 0. The predicted octanol–water partition coefficient (Wildman–Crippen LogP) is 0.245. The van der Waals surface area contributed by atoms with Gasteiger partial charge in [0.15, 0.2) is 0 Å². The highest BCUT2D eigenvalue weighted by Gasteiger charge is 2.17. The molecule has 0 rings (SSSR count). The highest BCUT2D eigenvalue weighted by Crippen LogP contribution is 1.99. The van der Waals surface area contributed by atoms with Crippen molar-refractivity contribution in [2.24, 2.45) is 11.7 Å². The number of carbonyl (C=O) groups is 1. The van der Waals surface area contributed by atoms with Gasteiger partial charge >= 0.3 is 0 Å². The van der Waals surface area contributed by atoms with E-state index in [9.17, 15) is 9.00 Å². The monoisotopic (exact) mass is 234 g/mol. The molecule has 0 saturated carbocycles. The van der Waals surface area contributed by atoms with Crippen molar-refractivity contribution in [3.63, 3.8) is 0 Å². The molecule has 0 radical (unpaired) electrons. The Morgan fingerprint density at radius 1 is 1.47 bits per heavy atom. The minimum atomic E-state index is -1.17. The Labute approximate surface area is 94.4 Å². The van der Waals surface area contributed by atoms with Gasteiger partial charge in [-0.15, -0.1) is 0 Å². The van der Waals surface area contributed by atoms with Gasteiger partial charge in [-0.05, 0) is 19.8 Å². The second-order valence-corrected chi connectivity index (χ2v) is 6.37. The molecule has 0 aromatic heterocycles. The molecule has 0 fully saturated rings. The van der Waals surface area contributed by atoms with Crippen molar-refractivity contribution in [3.8, 4) is 0 Å². The van der Waals surface area contributed by atoms with Crippen molar-refractivity contribution >= 4 is 16.7 Å². The first-order valence-corrected chi connectivity index (χ1v) is 6.60. The van der Waals surface area contributed by atoms with Crippen molar-refractivity contribution in [2.45, 2.75) is 33.2 Å². The van der Waals surface area contributed by atoms with E-state index in [4.69, 9.17) is 5.73 Å². The molecule has 5 heteroatoms. The number of nitrogens with one attached hydrogen (secondary N) is 1. The van der Waals surface area contributed by atoms with Gasteiger partial charge in [0.05, 0.1) is 0 Å². The minimum absolute atomic E-state index is 0.0490. The topological polar surface area (TPSA) is 72.2 Å². The molecule has 0 saturated heterocycles. The lowest BCUT2D eigenvalue weighted by molar-refractivity contribution is -0.118. The summed E-state index contributed by atoms with van der Waals surface area (Å²) in [5.41, 5.74) is 5.23. The highest BCUT2D eigenvalue weighted by atomic mass is 32.2. The van der Waals surface area contributed by atoms with Crippen LogP contribution >= 0.6 is 0 Å². The van der Waals surface area contributed by atoms with E-state index in [1.807, 2.05) is 13.8 Å². The van der Waals surface area contributed by atoms with Gasteiger partial charge in [-0.3, -0.25) is 9.00 Å². The molecule has 90 valence electrons. The molecule has 0 aliphatic carbocycles. The Bertz CT molecular complexity index is 234. The van der Waals surface area contributed by atoms with E-state index in [0.717, 1.165) is 0 Å². The zero-order valence-electron chi connectivity index (χ0n) is 10.0. The number of amides is 1. The Hall–Kier alpha value is -0.420. The Morgan fingerprint density at radius 2 is 2.00 bits per heavy atom. The zero-order chi connectivity index (χ0) is 12.1. The molecule has 1 amide bonds. The standard InChI is InChI=1S/C10H22N2O2S/c1-8(2)5-12-9(13)6-15(14)7-10(3,4)11/h8H,5-7,11H2,1-4H3,(H,12,13). The van der Waals surface area contributed by atoms with Gasteiger partial charge in [0.25, 0.3) is 0 Å². The van der Waals surface area contributed by atoms with Crippen LogP contribution in [0.3, 0.4) is 0 Å². The van der Waals surface area contributed by atoms with Gasteiger partial charge in [-0.25, -0.2) is 0 Å². The number of carbonyl (C=O) groups excluding carboxylic acids is 1. The Morgan fingerprint density at radius 3 is 2.40 bits per heavy atom. The number of rotatable bonds is 6. The molecular formula is C10H22N2O2S. The maximum Gasteiger partial charge on any atom is 0.232 e. The van der Waals surface area contributed by atoms with E-state index in [1.54, 1.807) is 13.8 Å². The first-order valence-electron chi connectivity index (χ1n) is 5.11. The minimum Gasteiger partial charge on any atom is -0.355 e. The first-order chi connectivity index (χ1) is 6.70. The molecule has 0 aliphatic rings. The number of hydrogen-bond donors (Lipinski definition) is 2. The third kappa shape index (κ3) is 9.87. The smallest absolute Gasteiger partial charge is 0.232 e. The first kappa shape index (κ1) is 14.6. The summed E-state index contributed by atoms with van der Waals surface area (Å²) in [6.45, 7) is 8.26. The molecule has 0 spiro atoms. The SMILES string of the molecule is CC(C)CNC(=O)CS(=O)CC(C)(C)N. The van der Waals surface area contributed by atoms with Crippen molar-refractivity contribution < 1.29 is 9.00 Å². The average Bonchev–Trinajstić information content (AvgIpc) is 1.96. The van der Waals surface area contributed by atoms with Crippen molar-refractivity contribution in [3.05, 3.63) is 0 Å². The van der Waals surface area contributed by atoms with Crippen LogP contribution in [-0.2, 0) is 15.6 Å². The average molecular weight is 234 g/mol. The molecule has 0 aromatic carbocycles. The molecule has 0 bridgehead atoms. The molecule has 15 heavy (non-hydrogen) atoms. The predicted molar refractivity (Wildman–Crippen MR) is 64.0 cm³/mol. The normalized spacial score (nSPS) is 14.0. The summed E-state index contributed by atoms with van der Waals surface area (Å²) in [4.78, 5) is 11.3. The summed E-state index contributed by atoms with van der Waals surface area (Å²) < 4.78 is 11.5. The van der Waals surface area contributed by atoms with E-state index in [2.05, 4.69) is 5.32 Å². The van der Waals surface area contributed by atoms with Crippen LogP contribution < -0.4 is 11.1 Å². The third-order valence-electron chi connectivity index (χ3n) is 1.53. The molecule has 0 aliphatic heterocycles. The van der Waals surface area contributed by atoms with Crippen LogP contribution in [0.25, 0.3) is 0 Å². The molecule has 3 N–H and O–H groups in total. The van der Waals surface area contributed by atoms with Crippen LogP contribution in [0.15, 0.2) is 0 Å². The fourth-order valence-electron chi connectivity index (χ4n) is 0.981. The molecule has 1 unspecified atom stereocenters. The molecule has 0 aromatic rings. The lowest BCUT2D eigenvalue weighted by Crippen LogP contribution is -2.40. The van der Waals surface area contributed by atoms with Crippen LogP contribution in [0, 0.1) is 5.92 Å². The Kier molecular flexibility index (Phi) is 6.05. The van der Waals surface area contributed by atoms with Crippen LogP contribution in [0.1, 0.15) is 27.7 Å². The van der Waals surface area contributed by atoms with E-state index in [-0.39, 0.29) is 11.7 Å². The second kappa shape index (κ2) is 6.23. The van der Waals surface area contributed by atoms with Crippen molar-refractivity contribution in [1.82, 2.24) is 5.32 Å². The van der Waals surface area contributed by atoms with E-state index in [1.165, 1.54) is 0 Å². The summed E-state index contributed by atoms with van der Waals surface area (Å²) in [5, 5.41) is 2.73. The van der Waals surface area contributed by atoms with Gasteiger partial charge in [0.1, 0.15) is 5.75 Å². The van der Waals surface area contributed by atoms with Gasteiger partial charge in [-0.2, -0.15) is 0 Å². The summed E-state index contributed by atoms with van der Waals surface area (Å²) in [7, 11) is -1.17. The maximum atomic E-state index is 11.5. The highest BCUT2D eigenvalue weighted by molar-refractivity contribution is 7.85. The molecule has 0 heterocycles. The van der Waals surface area contributed by atoms with Crippen LogP contribution in [0.5, 0.6) is 0 Å². The van der Waals surface area contributed by atoms with Crippen LogP contribution in [0.2, 0.25) is 0 Å². The number of hydrogen-bond acceptors (Lipinski definition) is 3. The molecular weight excluding hydrogens is 212 g/mol. The van der Waals surface area contributed by atoms with E-state index >= 15 is 0 Å². The van der Waals surface area contributed by atoms with Gasteiger partial charge < -0.3 is 11.1 Å². The largest absolute Gasteiger partial charge is 0.355 e. The zero-order valence-corrected chi connectivity index (χ0v) is 10.8. The fraction of sp³-hybridized carbons (Fsp3) is 0.900. The second-order valence-electron chi connectivity index (χ2n) is 4.92. The van der Waals surface area contributed by atoms with Crippen LogP contribution in [0.4, 0.5) is 0 Å². The van der Waals surface area contributed by atoms with Crippen LogP contribution in [-0.4, -0.2) is 33.7 Å². The van der Waals surface area contributed by atoms with Crippen molar-refractivity contribution in [1.29, 1.82) is 0 Å². The Balaban J connectivity index is 3.82. The lowest BCUT2D eigenvalue weighted by atomic mass is 10.1. The fourth-order valence-corrected chi connectivity index (χ4v) is 2.31. The van der Waals surface area contributed by atoms with E-state index < -0.39 is 16.3 Å². The van der Waals surface area contributed by atoms with E-state index in [0.29, 0.717) is 18.2 Å². The van der Waals surface area contributed by atoms with Gasteiger partial charge in [0, 0.05) is 28.6 Å². The van der Waals surface area contributed by atoms with Crippen molar-refractivity contribution in [2.75, 3.05) is 18.1 Å². The lowest BCUT2D eigenvalue weighted by Gasteiger charge is -2.17. The summed E-state index contributed by atoms with van der Waals surface area (Å²) in [5.74, 6) is 0.648. The third-order valence-corrected chi connectivity index (χ3v) is 3.18. The number of nitrogens with two attached hydrogens (primary N) is 1. The van der Waals surface area contributed by atoms with Gasteiger partial charge in [-0.1, -0.05) is 13.8 Å². The summed E-state index contributed by atoms with van der Waals surface area (Å²) in [6.07, 6.45) is 0.